The van der Waals surface area contributed by atoms with Crippen molar-refractivity contribution in [2.75, 3.05) is 12.3 Å². The predicted octanol–water partition coefficient (Wildman–Crippen LogP) is 2.03. The molecule has 4 N–H and O–H groups in total. The summed E-state index contributed by atoms with van der Waals surface area (Å²) in [7, 11) is -4.33. The Balaban J connectivity index is 1.42. The lowest BCUT2D eigenvalue weighted by atomic mass is 9.43. The molecule has 4 rings (SSSR count). The summed E-state index contributed by atoms with van der Waals surface area (Å²) >= 11 is 0. The monoisotopic (exact) mass is 514 g/mol. The Morgan fingerprint density at radius 2 is 1.66 bits per heavy atom. The van der Waals surface area contributed by atoms with Gasteiger partial charge in [0.1, 0.15) is 0 Å². The largest absolute Gasteiger partial charge is 0.748 e. The molecule has 0 saturated heterocycles. The van der Waals surface area contributed by atoms with Gasteiger partial charge in [-0.3, -0.25) is 4.79 Å². The van der Waals surface area contributed by atoms with Crippen molar-refractivity contribution in [1.82, 2.24) is 5.32 Å². The minimum absolute atomic E-state index is 0.0474. The van der Waals surface area contributed by atoms with Crippen LogP contribution in [0, 0.1) is 46.3 Å². The maximum Gasteiger partial charge on any atom is 0.220 e. The minimum atomic E-state index is -4.33. The molecule has 0 aromatic rings. The van der Waals surface area contributed by atoms with E-state index in [-0.39, 0.29) is 41.2 Å². The third-order valence-corrected chi connectivity index (χ3v) is 11.7. The Kier molecular flexibility index (Phi) is 7.69. The van der Waals surface area contributed by atoms with Crippen LogP contribution in [0.15, 0.2) is 0 Å². The van der Waals surface area contributed by atoms with Gasteiger partial charge in [0.15, 0.2) is 0 Å². The summed E-state index contributed by atoms with van der Waals surface area (Å²) in [5.41, 5.74) is -0.00495. The maximum atomic E-state index is 12.2. The van der Waals surface area contributed by atoms with Crippen molar-refractivity contribution in [1.29, 1.82) is 0 Å². The first kappa shape index (κ1) is 27.3. The summed E-state index contributed by atoms with van der Waals surface area (Å²) in [5, 5.41) is 35.3. The van der Waals surface area contributed by atoms with Crippen LogP contribution in [0.4, 0.5) is 0 Å². The second kappa shape index (κ2) is 9.86. The van der Waals surface area contributed by atoms with Crippen molar-refractivity contribution < 1.29 is 33.1 Å². The summed E-state index contributed by atoms with van der Waals surface area (Å²) in [6.45, 7) is 6.66. The zero-order chi connectivity index (χ0) is 25.8. The highest BCUT2D eigenvalue weighted by Gasteiger charge is 2.65. The van der Waals surface area contributed by atoms with Gasteiger partial charge >= 0.3 is 0 Å². The average molecular weight is 515 g/mol. The van der Waals surface area contributed by atoms with E-state index in [1.54, 1.807) is 0 Å². The number of nitrogens with one attached hydrogen (secondary N) is 1. The fraction of sp³-hybridized carbons (Fsp3) is 0.962. The molecule has 9 heteroatoms. The number of carbonyl (C=O) groups is 1. The van der Waals surface area contributed by atoms with E-state index in [1.807, 2.05) is 0 Å². The van der Waals surface area contributed by atoms with E-state index in [0.717, 1.165) is 38.5 Å². The number of amides is 1. The first-order valence-electron chi connectivity index (χ1n) is 13.5. The Bertz CT molecular complexity index is 896. The van der Waals surface area contributed by atoms with E-state index in [1.165, 1.54) is 0 Å². The molecule has 0 radical (unpaired) electrons. The Hall–Kier alpha value is -0.740. The van der Waals surface area contributed by atoms with Crippen LogP contribution in [0.25, 0.3) is 0 Å². The van der Waals surface area contributed by atoms with Crippen molar-refractivity contribution >= 4 is 16.0 Å². The van der Waals surface area contributed by atoms with E-state index in [0.29, 0.717) is 42.9 Å². The minimum Gasteiger partial charge on any atom is -0.748 e. The zero-order valence-corrected chi connectivity index (χ0v) is 22.2. The second-order valence-corrected chi connectivity index (χ2v) is 14.2. The molecular formula is C26H44NO7S-. The Morgan fingerprint density at radius 1 is 1.00 bits per heavy atom. The van der Waals surface area contributed by atoms with Crippen molar-refractivity contribution in [3.05, 3.63) is 0 Å². The molecule has 35 heavy (non-hydrogen) atoms. The SMILES string of the molecule is C[C@H](CCC(=O)NCCS(=O)(=O)[O-])[C@H]1CC[C@H]2[C@@H]3[C@H](O)[C@H](O)[C@@H]4C[C@H](O)CC[C@]4(C)[C@H]3CC[C@]12C. The summed E-state index contributed by atoms with van der Waals surface area (Å²) in [6, 6.07) is 0. The highest BCUT2D eigenvalue weighted by atomic mass is 32.2. The maximum absolute atomic E-state index is 12.2. The quantitative estimate of drug-likeness (QED) is 0.380. The molecule has 0 unspecified atom stereocenters. The number of hydrogen-bond acceptors (Lipinski definition) is 7. The van der Waals surface area contributed by atoms with Gasteiger partial charge in [-0.15, -0.1) is 0 Å². The van der Waals surface area contributed by atoms with Crippen LogP contribution in [0.5, 0.6) is 0 Å². The predicted molar refractivity (Wildman–Crippen MR) is 130 cm³/mol. The standard InChI is InChI=1S/C26H45NO7S/c1-15(4-7-21(29)27-12-13-35(32,33)34)17-5-6-18-22-19(9-11-25(17,18)2)26(3)10-8-16(28)14-20(26)23(30)24(22)31/h15-20,22-24,28,30-31H,4-14H2,1-3H3,(H,27,29)(H,32,33,34)/p-1/t15-,16-,17-,18+,19+,20+,22+,23-,24+,25-,26-/m1/s1. The molecule has 4 fully saturated rings. The second-order valence-electron chi connectivity index (χ2n) is 12.7. The first-order chi connectivity index (χ1) is 16.3. The van der Waals surface area contributed by atoms with Crippen LogP contribution in [0.1, 0.15) is 78.6 Å². The number of fused-ring (bicyclic) bond motifs is 5. The van der Waals surface area contributed by atoms with Crippen LogP contribution in [0.2, 0.25) is 0 Å². The van der Waals surface area contributed by atoms with Gasteiger partial charge in [0.25, 0.3) is 0 Å². The molecule has 4 aliphatic rings. The van der Waals surface area contributed by atoms with Crippen molar-refractivity contribution in [3.63, 3.8) is 0 Å². The molecule has 11 atom stereocenters. The van der Waals surface area contributed by atoms with Gasteiger partial charge in [0.2, 0.25) is 5.91 Å². The molecule has 4 aliphatic carbocycles. The number of carbonyl (C=O) groups excluding carboxylic acids is 1. The molecule has 4 saturated carbocycles. The van der Waals surface area contributed by atoms with E-state index < -0.39 is 28.1 Å². The smallest absolute Gasteiger partial charge is 0.220 e. The summed E-state index contributed by atoms with van der Waals surface area (Å²) in [6.07, 6.45) is 5.46. The average Bonchev–Trinajstić information content (AvgIpc) is 3.13. The topological polar surface area (TPSA) is 147 Å². The van der Waals surface area contributed by atoms with Crippen LogP contribution >= 0.6 is 0 Å². The lowest BCUT2D eigenvalue weighted by molar-refractivity contribution is -0.223. The van der Waals surface area contributed by atoms with E-state index >= 15 is 0 Å². The van der Waals surface area contributed by atoms with Gasteiger partial charge in [-0.1, -0.05) is 20.8 Å². The van der Waals surface area contributed by atoms with Crippen molar-refractivity contribution in [2.24, 2.45) is 46.3 Å². The molecule has 0 bridgehead atoms. The Labute approximate surface area is 210 Å². The fourth-order valence-electron chi connectivity index (χ4n) is 9.18. The summed E-state index contributed by atoms with van der Waals surface area (Å²) in [5.74, 6) is 0.598. The fourth-order valence-corrected chi connectivity index (χ4v) is 9.53. The van der Waals surface area contributed by atoms with Gasteiger partial charge in [-0.2, -0.15) is 0 Å². The molecule has 202 valence electrons. The molecule has 0 heterocycles. The number of aliphatic hydroxyl groups excluding tert-OH is 3. The normalized spacial score (nSPS) is 46.3. The highest BCUT2D eigenvalue weighted by molar-refractivity contribution is 7.85. The third kappa shape index (κ3) is 5.05. The molecule has 0 aromatic heterocycles. The lowest BCUT2D eigenvalue weighted by Crippen LogP contribution is -2.64. The van der Waals surface area contributed by atoms with Gasteiger partial charge in [0.05, 0.1) is 34.2 Å². The molecule has 8 nitrogen and oxygen atoms in total. The van der Waals surface area contributed by atoms with Gasteiger partial charge in [-0.05, 0) is 97.7 Å². The highest BCUT2D eigenvalue weighted by Crippen LogP contribution is 2.68. The lowest BCUT2D eigenvalue weighted by Gasteiger charge is -2.63. The van der Waals surface area contributed by atoms with Crippen molar-refractivity contribution in [3.8, 4) is 0 Å². The van der Waals surface area contributed by atoms with Crippen LogP contribution in [-0.2, 0) is 14.9 Å². The van der Waals surface area contributed by atoms with Gasteiger partial charge < -0.3 is 25.2 Å². The number of rotatable bonds is 7. The molecule has 0 spiro atoms. The van der Waals surface area contributed by atoms with E-state index in [2.05, 4.69) is 26.1 Å². The van der Waals surface area contributed by atoms with E-state index in [9.17, 15) is 33.1 Å². The van der Waals surface area contributed by atoms with E-state index in [4.69, 9.17) is 0 Å². The van der Waals surface area contributed by atoms with Gasteiger partial charge in [-0.25, -0.2) is 8.42 Å². The Morgan fingerprint density at radius 3 is 2.34 bits per heavy atom. The molecule has 0 aliphatic heterocycles. The molecule has 1 amide bonds. The first-order valence-corrected chi connectivity index (χ1v) is 15.1. The summed E-state index contributed by atoms with van der Waals surface area (Å²) < 4.78 is 32.2. The zero-order valence-electron chi connectivity index (χ0n) is 21.4. The van der Waals surface area contributed by atoms with Crippen LogP contribution in [0.3, 0.4) is 0 Å². The summed E-state index contributed by atoms with van der Waals surface area (Å²) in [4.78, 5) is 12.2. The van der Waals surface area contributed by atoms with Crippen LogP contribution in [-0.4, -0.2) is 64.8 Å². The van der Waals surface area contributed by atoms with Crippen LogP contribution < -0.4 is 5.32 Å². The number of hydrogen-bond donors (Lipinski definition) is 4. The van der Waals surface area contributed by atoms with Gasteiger partial charge in [0, 0.05) is 13.0 Å². The molecule has 0 aromatic carbocycles. The molecular weight excluding hydrogens is 470 g/mol. The number of aliphatic hydroxyl groups is 3. The third-order valence-electron chi connectivity index (χ3n) is 11.0. The van der Waals surface area contributed by atoms with Crippen molar-refractivity contribution in [2.45, 2.75) is 96.9 Å².